The van der Waals surface area contributed by atoms with Crippen molar-refractivity contribution in [2.45, 2.75) is 0 Å². The molecule has 0 saturated heterocycles. The van der Waals surface area contributed by atoms with E-state index in [2.05, 4.69) is 12.0 Å². The van der Waals surface area contributed by atoms with Crippen molar-refractivity contribution in [1.82, 2.24) is 0 Å². The zero-order chi connectivity index (χ0) is 7.40. The van der Waals surface area contributed by atoms with Crippen molar-refractivity contribution in [3.63, 3.8) is 0 Å². The molecule has 1 nitrogen and oxygen atoms in total. The van der Waals surface area contributed by atoms with Gasteiger partial charge in [-0.2, -0.15) is 0 Å². The summed E-state index contributed by atoms with van der Waals surface area (Å²) in [6.07, 6.45) is 0. The van der Waals surface area contributed by atoms with E-state index in [1.807, 2.05) is 0 Å². The Morgan fingerprint density at radius 3 is 2.30 bits per heavy atom. The summed E-state index contributed by atoms with van der Waals surface area (Å²) in [5.74, 6) is 2.33. The van der Waals surface area contributed by atoms with Crippen molar-refractivity contribution in [3.05, 3.63) is 35.6 Å². The molecular weight excluding hydrogens is 129 g/mol. The van der Waals surface area contributed by atoms with Crippen LogP contribution in [0.3, 0.4) is 0 Å². The molecule has 0 radical (unpaired) electrons. The summed E-state index contributed by atoms with van der Waals surface area (Å²) in [5, 5.41) is 0. The predicted molar refractivity (Wildman–Crippen MR) is 37.5 cm³/mol. The number of benzene rings is 1. The fourth-order valence-electron chi connectivity index (χ4n) is 0.617. The van der Waals surface area contributed by atoms with E-state index in [1.165, 1.54) is 12.1 Å². The molecule has 0 unspecified atom stereocenters. The van der Waals surface area contributed by atoms with E-state index < -0.39 is 0 Å². The van der Waals surface area contributed by atoms with E-state index in [0.717, 1.165) is 5.56 Å². The monoisotopic (exact) mass is 135 g/mol. The average molecular weight is 135 g/mol. The molecule has 0 fully saturated rings. The lowest BCUT2D eigenvalue weighted by Crippen LogP contribution is -1.79. The molecule has 1 aromatic carbocycles. The van der Waals surface area contributed by atoms with Crippen molar-refractivity contribution in [2.24, 2.45) is 5.73 Å². The summed E-state index contributed by atoms with van der Waals surface area (Å²) in [4.78, 5) is 0. The largest absolute Gasteiger partial charge is 0.359 e. The van der Waals surface area contributed by atoms with Gasteiger partial charge in [-0.05, 0) is 30.2 Å². The molecule has 0 aliphatic carbocycles. The van der Waals surface area contributed by atoms with Crippen molar-refractivity contribution in [3.8, 4) is 12.0 Å². The molecule has 50 valence electrons. The molecule has 0 spiro atoms. The zero-order valence-corrected chi connectivity index (χ0v) is 5.26. The first-order chi connectivity index (χ1) is 4.83. The van der Waals surface area contributed by atoms with Gasteiger partial charge in [-0.15, -0.1) is 0 Å². The molecule has 2 heteroatoms. The molecule has 0 aliphatic rings. The zero-order valence-electron chi connectivity index (χ0n) is 5.26. The van der Waals surface area contributed by atoms with Crippen LogP contribution >= 0.6 is 0 Å². The van der Waals surface area contributed by atoms with Gasteiger partial charge in [-0.25, -0.2) is 4.39 Å². The van der Waals surface area contributed by atoms with Crippen LogP contribution in [0.1, 0.15) is 5.56 Å². The summed E-state index contributed by atoms with van der Waals surface area (Å²) in [6.45, 7) is 0. The van der Waals surface area contributed by atoms with Crippen LogP contribution in [0.15, 0.2) is 24.3 Å². The van der Waals surface area contributed by atoms with Gasteiger partial charge in [0.1, 0.15) is 5.82 Å². The van der Waals surface area contributed by atoms with Crippen LogP contribution in [-0.2, 0) is 0 Å². The van der Waals surface area contributed by atoms with Crippen molar-refractivity contribution >= 4 is 0 Å². The molecule has 0 atom stereocenters. The van der Waals surface area contributed by atoms with Crippen molar-refractivity contribution < 1.29 is 4.39 Å². The van der Waals surface area contributed by atoms with Crippen molar-refractivity contribution in [2.75, 3.05) is 0 Å². The van der Waals surface area contributed by atoms with Crippen LogP contribution in [-0.4, -0.2) is 0 Å². The summed E-state index contributed by atoms with van der Waals surface area (Å²) >= 11 is 0. The molecule has 0 amide bonds. The summed E-state index contributed by atoms with van der Waals surface area (Å²) in [7, 11) is 0. The standard InChI is InChI=1S/C8H6FN/c9-8-3-1-7(2-4-8)5-6-10/h1-4H,10H2. The molecule has 10 heavy (non-hydrogen) atoms. The number of hydrogen-bond acceptors (Lipinski definition) is 1. The van der Waals surface area contributed by atoms with Crippen LogP contribution in [0.2, 0.25) is 0 Å². The lowest BCUT2D eigenvalue weighted by molar-refractivity contribution is 0.627. The molecular formula is C8H6FN. The Morgan fingerprint density at radius 1 is 1.20 bits per heavy atom. The quantitative estimate of drug-likeness (QED) is 0.418. The third kappa shape index (κ3) is 1.49. The summed E-state index contributed by atoms with van der Waals surface area (Å²) in [5.41, 5.74) is 5.67. The second-order valence-corrected chi connectivity index (χ2v) is 1.78. The van der Waals surface area contributed by atoms with Gasteiger partial charge in [0.05, 0.1) is 0 Å². The Balaban J connectivity index is 2.97. The van der Waals surface area contributed by atoms with E-state index in [0.29, 0.717) is 0 Å². The Labute approximate surface area is 58.7 Å². The van der Waals surface area contributed by atoms with Crippen LogP contribution in [0.4, 0.5) is 4.39 Å². The van der Waals surface area contributed by atoms with Gasteiger partial charge in [0, 0.05) is 11.6 Å². The third-order valence-corrected chi connectivity index (χ3v) is 1.06. The Hall–Kier alpha value is -1.49. The molecule has 1 aromatic rings. The fourth-order valence-corrected chi connectivity index (χ4v) is 0.617. The Bertz CT molecular complexity index is 266. The highest BCUT2D eigenvalue weighted by molar-refractivity contribution is 5.33. The van der Waals surface area contributed by atoms with Gasteiger partial charge in [0.25, 0.3) is 0 Å². The van der Waals surface area contributed by atoms with Gasteiger partial charge in [0.2, 0.25) is 0 Å². The highest BCUT2D eigenvalue weighted by Gasteiger charge is 1.86. The van der Waals surface area contributed by atoms with Crippen LogP contribution < -0.4 is 5.73 Å². The topological polar surface area (TPSA) is 26.0 Å². The molecule has 0 aromatic heterocycles. The minimum Gasteiger partial charge on any atom is -0.359 e. The van der Waals surface area contributed by atoms with E-state index in [4.69, 9.17) is 5.73 Å². The van der Waals surface area contributed by atoms with Gasteiger partial charge in [-0.1, -0.05) is 0 Å². The highest BCUT2D eigenvalue weighted by atomic mass is 19.1. The first kappa shape index (κ1) is 6.63. The molecule has 0 aliphatic heterocycles. The lowest BCUT2D eigenvalue weighted by atomic mass is 10.2. The maximum Gasteiger partial charge on any atom is 0.123 e. The SMILES string of the molecule is NC#Cc1ccc(F)cc1. The van der Waals surface area contributed by atoms with Crippen LogP contribution in [0, 0.1) is 17.8 Å². The molecule has 2 N–H and O–H groups in total. The van der Waals surface area contributed by atoms with E-state index in [9.17, 15) is 4.39 Å². The second kappa shape index (κ2) is 2.88. The molecule has 0 bridgehead atoms. The third-order valence-electron chi connectivity index (χ3n) is 1.06. The van der Waals surface area contributed by atoms with E-state index in [1.54, 1.807) is 12.1 Å². The van der Waals surface area contributed by atoms with Gasteiger partial charge in [0.15, 0.2) is 0 Å². The lowest BCUT2D eigenvalue weighted by Gasteiger charge is -1.87. The Morgan fingerprint density at radius 2 is 1.80 bits per heavy atom. The first-order valence-corrected chi connectivity index (χ1v) is 2.80. The van der Waals surface area contributed by atoms with Gasteiger partial charge >= 0.3 is 0 Å². The minimum atomic E-state index is -0.262. The average Bonchev–Trinajstić information content (AvgIpc) is 1.95. The maximum absolute atomic E-state index is 12.2. The summed E-state index contributed by atoms with van der Waals surface area (Å²) < 4.78 is 12.2. The minimum absolute atomic E-state index is 0.262. The number of halogens is 1. The van der Waals surface area contributed by atoms with Crippen molar-refractivity contribution in [1.29, 1.82) is 0 Å². The predicted octanol–water partition coefficient (Wildman–Crippen LogP) is 1.09. The van der Waals surface area contributed by atoms with Crippen LogP contribution in [0.5, 0.6) is 0 Å². The Kier molecular flexibility index (Phi) is 1.91. The maximum atomic E-state index is 12.2. The fraction of sp³-hybridized carbons (Fsp3) is 0. The second-order valence-electron chi connectivity index (χ2n) is 1.78. The number of hydrogen-bond donors (Lipinski definition) is 1. The van der Waals surface area contributed by atoms with E-state index >= 15 is 0 Å². The van der Waals surface area contributed by atoms with Gasteiger partial charge < -0.3 is 5.73 Å². The summed E-state index contributed by atoms with van der Waals surface area (Å²) in [6, 6.07) is 8.08. The normalized spacial score (nSPS) is 8.10. The van der Waals surface area contributed by atoms with Crippen LogP contribution in [0.25, 0.3) is 0 Å². The van der Waals surface area contributed by atoms with E-state index in [-0.39, 0.29) is 5.82 Å². The number of nitrogens with two attached hydrogens (primary N) is 1. The molecule has 0 heterocycles. The molecule has 0 saturated carbocycles. The van der Waals surface area contributed by atoms with Gasteiger partial charge in [-0.3, -0.25) is 0 Å². The smallest absolute Gasteiger partial charge is 0.123 e. The number of rotatable bonds is 0. The highest BCUT2D eigenvalue weighted by Crippen LogP contribution is 1.99. The first-order valence-electron chi connectivity index (χ1n) is 2.80. The molecule has 1 rings (SSSR count).